The summed E-state index contributed by atoms with van der Waals surface area (Å²) in [5.41, 5.74) is 2.49. The summed E-state index contributed by atoms with van der Waals surface area (Å²) in [6.45, 7) is 1.95. The first-order valence-corrected chi connectivity index (χ1v) is 11.7. The lowest BCUT2D eigenvalue weighted by atomic mass is 10.1. The number of hydrogen-bond donors (Lipinski definition) is 2. The number of amides is 1. The number of sulfonamides is 1. The Kier molecular flexibility index (Phi) is 6.66. The lowest BCUT2D eigenvalue weighted by molar-refractivity contribution is -0.117. The Bertz CT molecular complexity index is 1050. The van der Waals surface area contributed by atoms with E-state index in [9.17, 15) is 13.2 Å². The van der Waals surface area contributed by atoms with Crippen LogP contribution >= 0.6 is 27.3 Å². The summed E-state index contributed by atoms with van der Waals surface area (Å²) in [7, 11) is -3.79. The number of anilines is 1. The first-order valence-electron chi connectivity index (χ1n) is 8.52. The van der Waals surface area contributed by atoms with Gasteiger partial charge in [-0.15, -0.1) is 11.3 Å². The highest BCUT2D eigenvalue weighted by molar-refractivity contribution is 9.10. The van der Waals surface area contributed by atoms with Crippen LogP contribution in [0.15, 0.2) is 74.7 Å². The second-order valence-corrected chi connectivity index (χ2v) is 10.0. The maximum Gasteiger partial charge on any atom is 0.250 e. The fourth-order valence-electron chi connectivity index (χ4n) is 2.64. The average Bonchev–Trinajstić information content (AvgIpc) is 3.20. The zero-order valence-corrected chi connectivity index (χ0v) is 18.3. The summed E-state index contributed by atoms with van der Waals surface area (Å²) < 4.78 is 28.8. The monoisotopic (exact) mass is 478 g/mol. The number of aryl methyl sites for hydroxylation is 1. The van der Waals surface area contributed by atoms with Crippen molar-refractivity contribution in [1.29, 1.82) is 0 Å². The van der Waals surface area contributed by atoms with Crippen molar-refractivity contribution >= 4 is 48.9 Å². The van der Waals surface area contributed by atoms with Crippen molar-refractivity contribution in [2.75, 3.05) is 5.32 Å². The lowest BCUT2D eigenvalue weighted by Gasteiger charge is -2.19. The van der Waals surface area contributed by atoms with Gasteiger partial charge in [0.2, 0.25) is 5.91 Å². The van der Waals surface area contributed by atoms with Crippen LogP contribution in [0.25, 0.3) is 0 Å². The normalized spacial score (nSPS) is 12.5. The SMILES string of the molecule is Cc1ccc(NC(=O)C(Cc2ccccc2)NS(=O)(=O)c2cccs2)c(Br)c1. The molecular weight excluding hydrogens is 460 g/mol. The Morgan fingerprint density at radius 1 is 1.11 bits per heavy atom. The molecule has 2 N–H and O–H groups in total. The largest absolute Gasteiger partial charge is 0.324 e. The summed E-state index contributed by atoms with van der Waals surface area (Å²) in [6, 6.07) is 17.1. The minimum Gasteiger partial charge on any atom is -0.324 e. The van der Waals surface area contributed by atoms with Crippen LogP contribution in [0.4, 0.5) is 5.69 Å². The third kappa shape index (κ3) is 5.29. The molecule has 5 nitrogen and oxygen atoms in total. The average molecular weight is 479 g/mol. The van der Waals surface area contributed by atoms with Crippen molar-refractivity contribution in [3.63, 3.8) is 0 Å². The first kappa shape index (κ1) is 20.7. The van der Waals surface area contributed by atoms with E-state index in [0.29, 0.717) is 5.69 Å². The van der Waals surface area contributed by atoms with Crippen molar-refractivity contribution in [3.05, 3.63) is 81.6 Å². The molecule has 146 valence electrons. The number of thiophene rings is 1. The van der Waals surface area contributed by atoms with Gasteiger partial charge in [0, 0.05) is 4.47 Å². The summed E-state index contributed by atoms with van der Waals surface area (Å²) in [4.78, 5) is 12.9. The Hall–Kier alpha value is -2.00. The zero-order valence-electron chi connectivity index (χ0n) is 15.1. The van der Waals surface area contributed by atoms with Gasteiger partial charge in [0.1, 0.15) is 10.3 Å². The maximum atomic E-state index is 12.9. The Morgan fingerprint density at radius 3 is 2.50 bits per heavy atom. The number of carbonyl (C=O) groups is 1. The predicted molar refractivity (Wildman–Crippen MR) is 116 cm³/mol. The van der Waals surface area contributed by atoms with E-state index < -0.39 is 22.0 Å². The van der Waals surface area contributed by atoms with E-state index in [1.807, 2.05) is 49.4 Å². The molecule has 0 saturated carbocycles. The molecule has 0 saturated heterocycles. The molecule has 0 aliphatic heterocycles. The Balaban J connectivity index is 1.85. The third-order valence-electron chi connectivity index (χ3n) is 4.04. The molecule has 0 radical (unpaired) electrons. The molecule has 0 aliphatic rings. The third-order valence-corrected chi connectivity index (χ3v) is 7.56. The van der Waals surface area contributed by atoms with Gasteiger partial charge in [-0.1, -0.05) is 42.5 Å². The van der Waals surface area contributed by atoms with Gasteiger partial charge in [0.15, 0.2) is 0 Å². The van der Waals surface area contributed by atoms with Gasteiger partial charge in [-0.2, -0.15) is 4.72 Å². The molecule has 2 aromatic carbocycles. The molecule has 1 atom stereocenters. The molecule has 0 aliphatic carbocycles. The van der Waals surface area contributed by atoms with Gasteiger partial charge in [-0.05, 0) is 64.0 Å². The topological polar surface area (TPSA) is 75.3 Å². The molecule has 1 heterocycles. The number of hydrogen-bond acceptors (Lipinski definition) is 4. The van der Waals surface area contributed by atoms with Crippen LogP contribution in [0.5, 0.6) is 0 Å². The molecule has 28 heavy (non-hydrogen) atoms. The molecule has 3 aromatic rings. The fraction of sp³-hybridized carbons (Fsp3) is 0.150. The van der Waals surface area contributed by atoms with Crippen LogP contribution in [0, 0.1) is 6.92 Å². The summed E-state index contributed by atoms with van der Waals surface area (Å²) in [5.74, 6) is -0.423. The quantitative estimate of drug-likeness (QED) is 0.529. The summed E-state index contributed by atoms with van der Waals surface area (Å²) in [6.07, 6.45) is 0.237. The van der Waals surface area contributed by atoms with Crippen LogP contribution in [0.1, 0.15) is 11.1 Å². The number of halogens is 1. The van der Waals surface area contributed by atoms with Crippen LogP contribution in [0.3, 0.4) is 0 Å². The predicted octanol–water partition coefficient (Wildman–Crippen LogP) is 4.35. The van der Waals surface area contributed by atoms with E-state index in [1.54, 1.807) is 17.5 Å². The standard InChI is InChI=1S/C20H19BrN2O3S2/c1-14-9-10-17(16(21)12-14)22-20(24)18(13-15-6-3-2-4-7-15)23-28(25,26)19-8-5-11-27-19/h2-12,18,23H,13H2,1H3,(H,22,24). The van der Waals surface area contributed by atoms with Gasteiger partial charge >= 0.3 is 0 Å². The van der Waals surface area contributed by atoms with Crippen molar-refractivity contribution in [3.8, 4) is 0 Å². The molecule has 8 heteroatoms. The first-order chi connectivity index (χ1) is 13.3. The molecule has 1 aromatic heterocycles. The second kappa shape index (κ2) is 9.00. The molecule has 1 amide bonds. The number of carbonyl (C=O) groups excluding carboxylic acids is 1. The highest BCUT2D eigenvalue weighted by Gasteiger charge is 2.27. The van der Waals surface area contributed by atoms with E-state index in [-0.39, 0.29) is 10.6 Å². The molecule has 1 unspecified atom stereocenters. The number of benzene rings is 2. The van der Waals surface area contributed by atoms with Crippen molar-refractivity contribution in [2.45, 2.75) is 23.6 Å². The van der Waals surface area contributed by atoms with Gasteiger partial charge in [0.05, 0.1) is 5.69 Å². The van der Waals surface area contributed by atoms with Crippen LogP contribution < -0.4 is 10.0 Å². The number of rotatable bonds is 7. The fourth-order valence-corrected chi connectivity index (χ4v) is 5.44. The van der Waals surface area contributed by atoms with E-state index in [4.69, 9.17) is 0 Å². The van der Waals surface area contributed by atoms with E-state index in [1.165, 1.54) is 6.07 Å². The molecule has 0 spiro atoms. The highest BCUT2D eigenvalue weighted by atomic mass is 79.9. The molecule has 0 fully saturated rings. The molecule has 3 rings (SSSR count). The Labute approximate surface area is 177 Å². The van der Waals surface area contributed by atoms with Gasteiger partial charge in [-0.3, -0.25) is 4.79 Å². The van der Waals surface area contributed by atoms with Crippen LogP contribution in [0.2, 0.25) is 0 Å². The van der Waals surface area contributed by atoms with E-state index in [0.717, 1.165) is 26.9 Å². The minimum atomic E-state index is -3.79. The second-order valence-electron chi connectivity index (χ2n) is 6.27. The smallest absolute Gasteiger partial charge is 0.250 e. The van der Waals surface area contributed by atoms with Crippen molar-refractivity contribution in [2.24, 2.45) is 0 Å². The zero-order chi connectivity index (χ0) is 20.1. The maximum absolute atomic E-state index is 12.9. The molecule has 0 bridgehead atoms. The van der Waals surface area contributed by atoms with E-state index in [2.05, 4.69) is 26.0 Å². The summed E-state index contributed by atoms with van der Waals surface area (Å²) >= 11 is 4.54. The number of nitrogens with one attached hydrogen (secondary N) is 2. The van der Waals surface area contributed by atoms with E-state index >= 15 is 0 Å². The lowest BCUT2D eigenvalue weighted by Crippen LogP contribution is -2.45. The van der Waals surface area contributed by atoms with Gasteiger partial charge < -0.3 is 5.32 Å². The summed E-state index contributed by atoms with van der Waals surface area (Å²) in [5, 5.41) is 4.50. The van der Waals surface area contributed by atoms with Gasteiger partial charge in [-0.25, -0.2) is 8.42 Å². The van der Waals surface area contributed by atoms with Crippen LogP contribution in [-0.2, 0) is 21.2 Å². The van der Waals surface area contributed by atoms with Crippen LogP contribution in [-0.4, -0.2) is 20.4 Å². The van der Waals surface area contributed by atoms with Crippen molar-refractivity contribution < 1.29 is 13.2 Å². The Morgan fingerprint density at radius 2 is 1.86 bits per heavy atom. The highest BCUT2D eigenvalue weighted by Crippen LogP contribution is 2.24. The van der Waals surface area contributed by atoms with Gasteiger partial charge in [0.25, 0.3) is 10.0 Å². The molecular formula is C20H19BrN2O3S2. The van der Waals surface area contributed by atoms with Crippen molar-refractivity contribution in [1.82, 2.24) is 4.72 Å². The minimum absolute atomic E-state index is 0.176.